The second-order valence-electron chi connectivity index (χ2n) is 9.18. The zero-order chi connectivity index (χ0) is 28.7. The van der Waals surface area contributed by atoms with Gasteiger partial charge in [-0.1, -0.05) is 52.7 Å². The van der Waals surface area contributed by atoms with E-state index in [4.69, 9.17) is 32.4 Å². The highest BCUT2D eigenvalue weighted by Crippen LogP contribution is 2.35. The smallest absolute Gasteiger partial charge is 0.338 e. The van der Waals surface area contributed by atoms with Gasteiger partial charge in [0.2, 0.25) is 0 Å². The van der Waals surface area contributed by atoms with Crippen molar-refractivity contribution in [2.75, 3.05) is 0 Å². The van der Waals surface area contributed by atoms with Crippen LogP contribution in [0.3, 0.4) is 0 Å². The van der Waals surface area contributed by atoms with Crippen molar-refractivity contribution in [3.63, 3.8) is 0 Å². The highest BCUT2D eigenvalue weighted by Gasteiger charge is 2.34. The van der Waals surface area contributed by atoms with Crippen LogP contribution in [0.25, 0.3) is 17.4 Å². The average Bonchev–Trinajstić information content (AvgIpc) is 3.47. The summed E-state index contributed by atoms with van der Waals surface area (Å²) in [5.74, 6) is 0.0449. The maximum Gasteiger partial charge on any atom is 0.338 e. The Balaban J connectivity index is 1.64. The van der Waals surface area contributed by atoms with Gasteiger partial charge >= 0.3 is 5.97 Å². The molecular weight excluding hydrogens is 577 g/mol. The number of thiazole rings is 1. The van der Waals surface area contributed by atoms with Gasteiger partial charge in [-0.05, 0) is 50.6 Å². The standard InChI is InChI=1S/C28H21Cl2N3O6S/c1-14(2)38-27(35)24-15(3)31-28-32(25(24)18-6-4-5-7-20(18)29)26(34)23(40-28)13-17-9-11-22(39-17)19-12-16(33(36)37)8-10-21(19)30/h4-14,25H,1-3H3. The summed E-state index contributed by atoms with van der Waals surface area (Å²) in [5.41, 5.74) is 1.02. The van der Waals surface area contributed by atoms with Crippen molar-refractivity contribution in [2.45, 2.75) is 32.9 Å². The predicted molar refractivity (Wildman–Crippen MR) is 152 cm³/mol. The van der Waals surface area contributed by atoms with E-state index in [9.17, 15) is 19.7 Å². The Hall–Kier alpha value is -3.99. The number of hydrogen-bond donors (Lipinski definition) is 0. The third kappa shape index (κ3) is 5.13. The summed E-state index contributed by atoms with van der Waals surface area (Å²) < 4.78 is 13.1. The normalized spacial score (nSPS) is 15.2. The first kappa shape index (κ1) is 27.6. The number of carbonyl (C=O) groups is 1. The molecule has 2 aromatic heterocycles. The minimum absolute atomic E-state index is 0.132. The van der Waals surface area contributed by atoms with Crippen molar-refractivity contribution in [2.24, 2.45) is 4.99 Å². The average molecular weight is 598 g/mol. The molecule has 12 heteroatoms. The van der Waals surface area contributed by atoms with Gasteiger partial charge < -0.3 is 9.15 Å². The summed E-state index contributed by atoms with van der Waals surface area (Å²) in [5, 5.41) is 11.9. The molecule has 1 aliphatic rings. The van der Waals surface area contributed by atoms with Crippen LogP contribution in [0, 0.1) is 10.1 Å². The molecule has 3 heterocycles. The molecule has 0 aliphatic carbocycles. The van der Waals surface area contributed by atoms with Crippen LogP contribution in [0.5, 0.6) is 0 Å². The number of hydrogen-bond acceptors (Lipinski definition) is 8. The molecule has 2 aromatic carbocycles. The molecule has 0 amide bonds. The molecule has 1 aliphatic heterocycles. The largest absolute Gasteiger partial charge is 0.459 e. The molecule has 0 saturated heterocycles. The van der Waals surface area contributed by atoms with Gasteiger partial charge in [0.25, 0.3) is 11.2 Å². The minimum atomic E-state index is -0.853. The molecule has 40 heavy (non-hydrogen) atoms. The van der Waals surface area contributed by atoms with Crippen molar-refractivity contribution in [1.29, 1.82) is 0 Å². The first-order valence-electron chi connectivity index (χ1n) is 12.1. The Labute approximate surface area is 241 Å². The number of halogens is 2. The lowest BCUT2D eigenvalue weighted by atomic mass is 9.96. The molecule has 0 bridgehead atoms. The fraction of sp³-hybridized carbons (Fsp3) is 0.179. The van der Waals surface area contributed by atoms with E-state index in [-0.39, 0.29) is 22.4 Å². The number of furan rings is 1. The Morgan fingerprint density at radius 2 is 1.93 bits per heavy atom. The first-order chi connectivity index (χ1) is 19.0. The number of nitro benzene ring substituents is 1. The summed E-state index contributed by atoms with van der Waals surface area (Å²) in [7, 11) is 0. The van der Waals surface area contributed by atoms with Gasteiger partial charge in [0.15, 0.2) is 4.80 Å². The molecule has 1 atom stereocenters. The van der Waals surface area contributed by atoms with Crippen molar-refractivity contribution in [3.05, 3.63) is 117 Å². The number of rotatable bonds is 6. The lowest BCUT2D eigenvalue weighted by Gasteiger charge is -2.26. The van der Waals surface area contributed by atoms with Crippen LogP contribution in [0.1, 0.15) is 38.1 Å². The summed E-state index contributed by atoms with van der Waals surface area (Å²) in [6.45, 7) is 5.18. The number of esters is 1. The van der Waals surface area contributed by atoms with Crippen LogP contribution < -0.4 is 14.9 Å². The molecule has 9 nitrogen and oxygen atoms in total. The summed E-state index contributed by atoms with van der Waals surface area (Å²) in [6.07, 6.45) is 1.17. The number of benzene rings is 2. The molecule has 0 saturated carbocycles. The van der Waals surface area contributed by atoms with Crippen LogP contribution in [0.15, 0.2) is 80.1 Å². The highest BCUT2D eigenvalue weighted by atomic mass is 35.5. The SMILES string of the molecule is CC1=C(C(=O)OC(C)C)C(c2ccccc2Cl)n2c(sc(=Cc3ccc(-c4cc([N+](=O)[O-])ccc4Cl)o3)c2=O)=N1. The van der Waals surface area contributed by atoms with E-state index in [1.807, 2.05) is 0 Å². The number of ether oxygens (including phenoxy) is 1. The van der Waals surface area contributed by atoms with Gasteiger partial charge in [-0.25, -0.2) is 9.79 Å². The molecule has 4 aromatic rings. The fourth-order valence-electron chi connectivity index (χ4n) is 4.37. The van der Waals surface area contributed by atoms with Crippen LogP contribution >= 0.6 is 34.5 Å². The summed E-state index contributed by atoms with van der Waals surface area (Å²) in [6, 6.07) is 13.4. The zero-order valence-electron chi connectivity index (χ0n) is 21.4. The third-order valence-corrected chi connectivity index (χ3v) is 7.77. The molecular formula is C28H21Cl2N3O6S. The van der Waals surface area contributed by atoms with Gasteiger partial charge in [0, 0.05) is 28.8 Å². The number of nitro groups is 1. The van der Waals surface area contributed by atoms with Gasteiger partial charge in [0.05, 0.1) is 31.9 Å². The summed E-state index contributed by atoms with van der Waals surface area (Å²) >= 11 is 13.9. The fourth-order valence-corrected chi connectivity index (χ4v) is 5.85. The number of nitrogens with zero attached hydrogens (tertiary/aromatic N) is 3. The number of carbonyl (C=O) groups excluding carboxylic acids is 1. The third-order valence-electron chi connectivity index (χ3n) is 6.11. The van der Waals surface area contributed by atoms with Crippen molar-refractivity contribution < 1.29 is 18.9 Å². The number of allylic oxidation sites excluding steroid dienone is 1. The maximum atomic E-state index is 13.8. The van der Waals surface area contributed by atoms with Gasteiger partial charge in [-0.2, -0.15) is 0 Å². The van der Waals surface area contributed by atoms with Crippen molar-refractivity contribution >= 4 is 52.3 Å². The van der Waals surface area contributed by atoms with Crippen LogP contribution in [0.4, 0.5) is 5.69 Å². The lowest BCUT2D eigenvalue weighted by molar-refractivity contribution is -0.384. The Kier molecular flexibility index (Phi) is 7.50. The van der Waals surface area contributed by atoms with E-state index in [0.29, 0.717) is 42.7 Å². The molecule has 0 N–H and O–H groups in total. The molecule has 0 spiro atoms. The number of fused-ring (bicyclic) bond motifs is 1. The Bertz CT molecular complexity index is 1890. The van der Waals surface area contributed by atoms with E-state index < -0.39 is 22.5 Å². The first-order valence-corrected chi connectivity index (χ1v) is 13.6. The highest BCUT2D eigenvalue weighted by molar-refractivity contribution is 7.07. The second kappa shape index (κ2) is 10.9. The lowest BCUT2D eigenvalue weighted by Crippen LogP contribution is -2.40. The summed E-state index contributed by atoms with van der Waals surface area (Å²) in [4.78, 5) is 42.6. The zero-order valence-corrected chi connectivity index (χ0v) is 23.7. The monoisotopic (exact) mass is 597 g/mol. The molecule has 1 unspecified atom stereocenters. The topological polar surface area (TPSA) is 117 Å². The predicted octanol–water partition coefficient (Wildman–Crippen LogP) is 5.66. The van der Waals surface area contributed by atoms with E-state index in [2.05, 4.69) is 4.99 Å². The maximum absolute atomic E-state index is 13.8. The molecule has 5 rings (SSSR count). The van der Waals surface area contributed by atoms with Crippen molar-refractivity contribution in [3.8, 4) is 11.3 Å². The second-order valence-corrected chi connectivity index (χ2v) is 11.0. The van der Waals surface area contributed by atoms with E-state index >= 15 is 0 Å². The van der Waals surface area contributed by atoms with Gasteiger partial charge in [0.1, 0.15) is 17.6 Å². The van der Waals surface area contributed by atoms with E-state index in [1.54, 1.807) is 63.2 Å². The van der Waals surface area contributed by atoms with E-state index in [0.717, 1.165) is 11.3 Å². The van der Waals surface area contributed by atoms with Crippen molar-refractivity contribution in [1.82, 2.24) is 4.57 Å². The molecule has 0 radical (unpaired) electrons. The quantitative estimate of drug-likeness (QED) is 0.161. The van der Waals surface area contributed by atoms with E-state index in [1.165, 1.54) is 22.8 Å². The number of aromatic nitrogens is 1. The van der Waals surface area contributed by atoms with Crippen LogP contribution in [0.2, 0.25) is 10.0 Å². The van der Waals surface area contributed by atoms with Gasteiger partial charge in [-0.3, -0.25) is 19.5 Å². The minimum Gasteiger partial charge on any atom is -0.459 e. The molecule has 204 valence electrons. The number of non-ortho nitro benzene ring substituents is 1. The van der Waals surface area contributed by atoms with Crippen LogP contribution in [-0.4, -0.2) is 21.6 Å². The van der Waals surface area contributed by atoms with Crippen LogP contribution in [-0.2, 0) is 9.53 Å². The Morgan fingerprint density at radius 3 is 2.62 bits per heavy atom. The Morgan fingerprint density at radius 1 is 1.18 bits per heavy atom. The van der Waals surface area contributed by atoms with Gasteiger partial charge in [-0.15, -0.1) is 0 Å². The molecule has 0 fully saturated rings.